The maximum Gasteiger partial charge on any atom is 0.256 e. The number of anilines is 2. The number of hydrogen-bond donors (Lipinski definition) is 2. The van der Waals surface area contributed by atoms with Crippen molar-refractivity contribution < 1.29 is 9.53 Å². The summed E-state index contributed by atoms with van der Waals surface area (Å²) in [7, 11) is 0. The van der Waals surface area contributed by atoms with Gasteiger partial charge in [0.05, 0.1) is 6.61 Å². The second-order valence-electron chi connectivity index (χ2n) is 4.58. The van der Waals surface area contributed by atoms with Crippen LogP contribution in [-0.4, -0.2) is 12.5 Å². The van der Waals surface area contributed by atoms with E-state index in [1.807, 2.05) is 26.0 Å². The highest BCUT2D eigenvalue weighted by atomic mass is 79.9. The van der Waals surface area contributed by atoms with E-state index in [0.29, 0.717) is 23.5 Å². The summed E-state index contributed by atoms with van der Waals surface area (Å²) in [6.07, 6.45) is 0. The van der Waals surface area contributed by atoms with Crippen molar-refractivity contribution in [3.05, 3.63) is 52.0 Å². The molecule has 0 fully saturated rings. The van der Waals surface area contributed by atoms with E-state index in [1.165, 1.54) is 0 Å². The number of halogens is 1. The first kappa shape index (κ1) is 15.4. The molecule has 0 unspecified atom stereocenters. The summed E-state index contributed by atoms with van der Waals surface area (Å²) < 4.78 is 6.15. The molecule has 0 aliphatic rings. The molecule has 0 spiro atoms. The van der Waals surface area contributed by atoms with Gasteiger partial charge in [-0.15, -0.1) is 0 Å². The predicted molar refractivity (Wildman–Crippen MR) is 88.9 cm³/mol. The number of carbonyl (C=O) groups excluding carboxylic acids is 1. The van der Waals surface area contributed by atoms with Crippen LogP contribution in [0, 0.1) is 6.92 Å². The van der Waals surface area contributed by atoms with Gasteiger partial charge in [-0.25, -0.2) is 0 Å². The molecule has 0 radical (unpaired) electrons. The van der Waals surface area contributed by atoms with Crippen LogP contribution in [0.3, 0.4) is 0 Å². The van der Waals surface area contributed by atoms with Crippen molar-refractivity contribution in [2.24, 2.45) is 0 Å². The summed E-state index contributed by atoms with van der Waals surface area (Å²) in [6.45, 7) is 4.37. The van der Waals surface area contributed by atoms with Crippen molar-refractivity contribution in [1.29, 1.82) is 0 Å². The van der Waals surface area contributed by atoms with Gasteiger partial charge in [0.15, 0.2) is 0 Å². The average molecular weight is 349 g/mol. The Bertz CT molecular complexity index is 654. The summed E-state index contributed by atoms with van der Waals surface area (Å²) in [4.78, 5) is 12.3. The van der Waals surface area contributed by atoms with E-state index in [9.17, 15) is 4.79 Å². The number of ether oxygens (including phenoxy) is 1. The summed E-state index contributed by atoms with van der Waals surface area (Å²) >= 11 is 3.35. The van der Waals surface area contributed by atoms with E-state index >= 15 is 0 Å². The summed E-state index contributed by atoms with van der Waals surface area (Å²) in [5.74, 6) is 0.586. The zero-order chi connectivity index (χ0) is 15.4. The number of benzene rings is 2. The summed E-state index contributed by atoms with van der Waals surface area (Å²) in [6, 6.07) is 10.8. The molecule has 0 saturated heterocycles. The zero-order valence-electron chi connectivity index (χ0n) is 11.9. The van der Waals surface area contributed by atoms with E-state index in [-0.39, 0.29) is 5.91 Å². The predicted octanol–water partition coefficient (Wildman–Crippen LogP) is 3.99. The van der Waals surface area contributed by atoms with Gasteiger partial charge in [0.1, 0.15) is 5.75 Å². The molecule has 0 atom stereocenters. The molecule has 4 nitrogen and oxygen atoms in total. The highest BCUT2D eigenvalue weighted by Gasteiger charge is 2.12. The highest BCUT2D eigenvalue weighted by molar-refractivity contribution is 9.10. The van der Waals surface area contributed by atoms with E-state index < -0.39 is 0 Å². The molecule has 2 aromatic rings. The molecule has 2 aromatic carbocycles. The molecule has 21 heavy (non-hydrogen) atoms. The van der Waals surface area contributed by atoms with Crippen LogP contribution in [0.1, 0.15) is 22.8 Å². The van der Waals surface area contributed by atoms with Crippen molar-refractivity contribution in [2.45, 2.75) is 13.8 Å². The Morgan fingerprint density at radius 2 is 1.95 bits per heavy atom. The van der Waals surface area contributed by atoms with Gasteiger partial charge in [-0.05, 0) is 55.8 Å². The van der Waals surface area contributed by atoms with E-state index in [4.69, 9.17) is 10.5 Å². The largest absolute Gasteiger partial charge is 0.494 e. The smallest absolute Gasteiger partial charge is 0.256 e. The Labute approximate surface area is 132 Å². The van der Waals surface area contributed by atoms with E-state index in [1.54, 1.807) is 24.3 Å². The average Bonchev–Trinajstić information content (AvgIpc) is 2.45. The normalized spacial score (nSPS) is 10.2. The Hall–Kier alpha value is -2.01. The second-order valence-corrected chi connectivity index (χ2v) is 5.49. The molecule has 0 saturated carbocycles. The summed E-state index contributed by atoms with van der Waals surface area (Å²) in [5.41, 5.74) is 8.49. The van der Waals surface area contributed by atoms with Gasteiger partial charge in [0.25, 0.3) is 5.91 Å². The van der Waals surface area contributed by atoms with Gasteiger partial charge in [0, 0.05) is 21.4 Å². The van der Waals surface area contributed by atoms with Crippen molar-refractivity contribution >= 4 is 33.2 Å². The van der Waals surface area contributed by atoms with Gasteiger partial charge in [-0.2, -0.15) is 0 Å². The fourth-order valence-corrected chi connectivity index (χ4v) is 2.41. The number of nitrogens with two attached hydrogens (primary N) is 1. The van der Waals surface area contributed by atoms with Crippen molar-refractivity contribution in [3.63, 3.8) is 0 Å². The zero-order valence-corrected chi connectivity index (χ0v) is 13.5. The summed E-state index contributed by atoms with van der Waals surface area (Å²) in [5, 5.41) is 2.85. The number of nitrogens with one attached hydrogen (secondary N) is 1. The monoisotopic (exact) mass is 348 g/mol. The van der Waals surface area contributed by atoms with Crippen LogP contribution in [-0.2, 0) is 0 Å². The van der Waals surface area contributed by atoms with E-state index in [2.05, 4.69) is 21.2 Å². The van der Waals surface area contributed by atoms with Crippen LogP contribution in [0.4, 0.5) is 11.4 Å². The minimum Gasteiger partial charge on any atom is -0.494 e. The lowest BCUT2D eigenvalue weighted by Crippen LogP contribution is -2.14. The Morgan fingerprint density at radius 3 is 2.57 bits per heavy atom. The molecule has 110 valence electrons. The van der Waals surface area contributed by atoms with Gasteiger partial charge >= 0.3 is 0 Å². The van der Waals surface area contributed by atoms with Crippen LogP contribution in [0.25, 0.3) is 0 Å². The number of amides is 1. The third-order valence-corrected chi connectivity index (χ3v) is 3.54. The molecule has 0 aromatic heterocycles. The minimum atomic E-state index is -0.190. The Kier molecular flexibility index (Phi) is 4.85. The maximum atomic E-state index is 12.3. The third kappa shape index (κ3) is 3.76. The van der Waals surface area contributed by atoms with Crippen molar-refractivity contribution in [2.75, 3.05) is 17.7 Å². The Morgan fingerprint density at radius 1 is 1.29 bits per heavy atom. The third-order valence-electron chi connectivity index (χ3n) is 3.08. The first-order chi connectivity index (χ1) is 10.0. The highest BCUT2D eigenvalue weighted by Crippen LogP contribution is 2.24. The molecule has 1 amide bonds. The van der Waals surface area contributed by atoms with Gasteiger partial charge < -0.3 is 15.8 Å². The standard InChI is InChI=1S/C16H17BrN2O2/c1-3-21-13-6-4-12(5-7-13)19-16(20)14-8-11(17)9-15(18)10(14)2/h4-9H,3,18H2,1-2H3,(H,19,20). The lowest BCUT2D eigenvalue weighted by Gasteiger charge is -2.11. The molecular formula is C16H17BrN2O2. The molecule has 5 heteroatoms. The van der Waals surface area contributed by atoms with E-state index in [0.717, 1.165) is 15.8 Å². The molecule has 2 rings (SSSR count). The lowest BCUT2D eigenvalue weighted by atomic mass is 10.1. The fraction of sp³-hybridized carbons (Fsp3) is 0.188. The van der Waals surface area contributed by atoms with Crippen LogP contribution >= 0.6 is 15.9 Å². The topological polar surface area (TPSA) is 64.3 Å². The quantitative estimate of drug-likeness (QED) is 0.821. The molecule has 0 aliphatic carbocycles. The minimum absolute atomic E-state index is 0.190. The molecular weight excluding hydrogens is 332 g/mol. The second kappa shape index (κ2) is 6.63. The van der Waals surface area contributed by atoms with Gasteiger partial charge in [-0.1, -0.05) is 15.9 Å². The molecule has 0 heterocycles. The van der Waals surface area contributed by atoms with Crippen molar-refractivity contribution in [3.8, 4) is 5.75 Å². The first-order valence-electron chi connectivity index (χ1n) is 6.61. The van der Waals surface area contributed by atoms with Crippen LogP contribution in [0.5, 0.6) is 5.75 Å². The number of nitrogen functional groups attached to an aromatic ring is 1. The van der Waals surface area contributed by atoms with Crippen LogP contribution in [0.2, 0.25) is 0 Å². The molecule has 0 aliphatic heterocycles. The maximum absolute atomic E-state index is 12.3. The number of carbonyl (C=O) groups is 1. The Balaban J connectivity index is 2.18. The van der Waals surface area contributed by atoms with Crippen LogP contribution < -0.4 is 15.8 Å². The van der Waals surface area contributed by atoms with Gasteiger partial charge in [0.2, 0.25) is 0 Å². The molecule has 0 bridgehead atoms. The fourth-order valence-electron chi connectivity index (χ4n) is 1.94. The first-order valence-corrected chi connectivity index (χ1v) is 7.40. The number of rotatable bonds is 4. The van der Waals surface area contributed by atoms with Crippen LogP contribution in [0.15, 0.2) is 40.9 Å². The lowest BCUT2D eigenvalue weighted by molar-refractivity contribution is 0.102. The van der Waals surface area contributed by atoms with Crippen molar-refractivity contribution in [1.82, 2.24) is 0 Å². The SMILES string of the molecule is CCOc1ccc(NC(=O)c2cc(Br)cc(N)c2C)cc1. The molecule has 3 N–H and O–H groups in total. The number of hydrogen-bond acceptors (Lipinski definition) is 3. The van der Waals surface area contributed by atoms with Gasteiger partial charge in [-0.3, -0.25) is 4.79 Å².